The number of pyridine rings is 1. The smallest absolute Gasteiger partial charge is 0.251 e. The predicted molar refractivity (Wildman–Crippen MR) is 128 cm³/mol. The summed E-state index contributed by atoms with van der Waals surface area (Å²) in [6.07, 6.45) is 3.24. The molecule has 0 radical (unpaired) electrons. The number of piperazine rings is 1. The number of rotatable bonds is 8. The van der Waals surface area contributed by atoms with Crippen LogP contribution >= 0.6 is 0 Å². The standard InChI is InChI=1S/C26H30N4O2/c31-25(13-5-2-8-16-27-26(32)22-10-3-1-4-11-22)30-19-17-29(18-20-30)24-15-14-21-9-6-7-12-23(21)28-24/h1,3-4,6-7,9-12,14-15H,2,5,8,13,16-20H2,(H,27,32). The van der Waals surface area contributed by atoms with Crippen molar-refractivity contribution in [1.29, 1.82) is 0 Å². The number of fused-ring (bicyclic) bond motifs is 1. The topological polar surface area (TPSA) is 65.5 Å². The van der Waals surface area contributed by atoms with Crippen molar-refractivity contribution in [2.24, 2.45) is 0 Å². The van der Waals surface area contributed by atoms with E-state index in [-0.39, 0.29) is 11.8 Å². The van der Waals surface area contributed by atoms with Gasteiger partial charge in [-0.15, -0.1) is 0 Å². The summed E-state index contributed by atoms with van der Waals surface area (Å²) in [5.74, 6) is 1.17. The first-order valence-corrected chi connectivity index (χ1v) is 11.4. The summed E-state index contributed by atoms with van der Waals surface area (Å²) in [4.78, 5) is 33.6. The Morgan fingerprint density at radius 3 is 2.38 bits per heavy atom. The first-order valence-electron chi connectivity index (χ1n) is 11.4. The van der Waals surface area contributed by atoms with Gasteiger partial charge in [-0.25, -0.2) is 4.98 Å². The summed E-state index contributed by atoms with van der Waals surface area (Å²) in [6.45, 7) is 3.73. The summed E-state index contributed by atoms with van der Waals surface area (Å²) >= 11 is 0. The van der Waals surface area contributed by atoms with E-state index in [0.29, 0.717) is 18.5 Å². The number of para-hydroxylation sites is 1. The van der Waals surface area contributed by atoms with E-state index in [9.17, 15) is 9.59 Å². The van der Waals surface area contributed by atoms with Crippen molar-refractivity contribution in [2.45, 2.75) is 25.7 Å². The van der Waals surface area contributed by atoms with Crippen LogP contribution in [0, 0.1) is 0 Å². The van der Waals surface area contributed by atoms with Gasteiger partial charge < -0.3 is 15.1 Å². The maximum atomic E-state index is 12.6. The van der Waals surface area contributed by atoms with Gasteiger partial charge in [-0.2, -0.15) is 0 Å². The lowest BCUT2D eigenvalue weighted by molar-refractivity contribution is -0.131. The second-order valence-electron chi connectivity index (χ2n) is 8.16. The summed E-state index contributed by atoms with van der Waals surface area (Å²) in [5, 5.41) is 4.08. The third-order valence-electron chi connectivity index (χ3n) is 5.93. The second kappa shape index (κ2) is 10.8. The molecule has 0 saturated carbocycles. The Labute approximate surface area is 189 Å². The molecule has 0 unspecified atom stereocenters. The van der Waals surface area contributed by atoms with Gasteiger partial charge in [0.25, 0.3) is 5.91 Å². The van der Waals surface area contributed by atoms with Crippen LogP contribution in [0.5, 0.6) is 0 Å². The van der Waals surface area contributed by atoms with Crippen LogP contribution in [-0.2, 0) is 4.79 Å². The van der Waals surface area contributed by atoms with Crippen LogP contribution in [0.4, 0.5) is 5.82 Å². The van der Waals surface area contributed by atoms with Gasteiger partial charge in [-0.3, -0.25) is 9.59 Å². The molecular formula is C26H30N4O2. The number of hydrogen-bond acceptors (Lipinski definition) is 4. The van der Waals surface area contributed by atoms with Crippen molar-refractivity contribution in [2.75, 3.05) is 37.6 Å². The molecule has 1 aliphatic rings. The van der Waals surface area contributed by atoms with E-state index in [2.05, 4.69) is 28.4 Å². The van der Waals surface area contributed by atoms with Crippen molar-refractivity contribution < 1.29 is 9.59 Å². The van der Waals surface area contributed by atoms with Crippen molar-refractivity contribution in [3.63, 3.8) is 0 Å². The molecule has 0 bridgehead atoms. The quantitative estimate of drug-likeness (QED) is 0.551. The highest BCUT2D eigenvalue weighted by atomic mass is 16.2. The molecule has 4 rings (SSSR count). The number of unbranched alkanes of at least 4 members (excludes halogenated alkanes) is 2. The lowest BCUT2D eigenvalue weighted by atomic mass is 10.1. The fourth-order valence-electron chi connectivity index (χ4n) is 4.05. The zero-order chi connectivity index (χ0) is 22.2. The van der Waals surface area contributed by atoms with Crippen LogP contribution in [0.15, 0.2) is 66.7 Å². The summed E-state index contributed by atoms with van der Waals surface area (Å²) in [6, 6.07) is 21.5. The van der Waals surface area contributed by atoms with Crippen LogP contribution in [0.25, 0.3) is 10.9 Å². The fourth-order valence-corrected chi connectivity index (χ4v) is 4.05. The summed E-state index contributed by atoms with van der Waals surface area (Å²) in [7, 11) is 0. The molecule has 0 spiro atoms. The zero-order valence-corrected chi connectivity index (χ0v) is 18.4. The van der Waals surface area contributed by atoms with Crippen molar-refractivity contribution in [3.05, 3.63) is 72.3 Å². The van der Waals surface area contributed by atoms with Gasteiger partial charge in [0, 0.05) is 50.1 Å². The molecule has 2 amide bonds. The molecule has 1 saturated heterocycles. The molecule has 166 valence electrons. The summed E-state index contributed by atoms with van der Waals surface area (Å²) < 4.78 is 0. The average molecular weight is 431 g/mol. The molecule has 6 heteroatoms. The van der Waals surface area contributed by atoms with Gasteiger partial charge in [0.2, 0.25) is 5.91 Å². The summed E-state index contributed by atoms with van der Waals surface area (Å²) in [5.41, 5.74) is 1.68. The fraction of sp³-hybridized carbons (Fsp3) is 0.346. The second-order valence-corrected chi connectivity index (χ2v) is 8.16. The molecule has 1 aromatic heterocycles. The van der Waals surface area contributed by atoms with E-state index in [1.54, 1.807) is 0 Å². The van der Waals surface area contributed by atoms with Gasteiger partial charge in [-0.05, 0) is 43.2 Å². The zero-order valence-electron chi connectivity index (χ0n) is 18.4. The van der Waals surface area contributed by atoms with Crippen LogP contribution in [-0.4, -0.2) is 54.4 Å². The first kappa shape index (κ1) is 21.8. The molecule has 0 aliphatic carbocycles. The number of amides is 2. The predicted octanol–water partition coefficient (Wildman–Crippen LogP) is 3.87. The van der Waals surface area contributed by atoms with E-state index in [4.69, 9.17) is 4.98 Å². The molecule has 3 aromatic rings. The third-order valence-corrected chi connectivity index (χ3v) is 5.93. The van der Waals surface area contributed by atoms with Gasteiger partial charge in [0.05, 0.1) is 5.52 Å². The van der Waals surface area contributed by atoms with E-state index in [0.717, 1.165) is 62.2 Å². The highest BCUT2D eigenvalue weighted by Gasteiger charge is 2.21. The Kier molecular flexibility index (Phi) is 7.33. The van der Waals surface area contributed by atoms with Gasteiger partial charge in [0.1, 0.15) is 5.82 Å². The molecule has 1 N–H and O–H groups in total. The maximum Gasteiger partial charge on any atom is 0.251 e. The highest BCUT2D eigenvalue weighted by molar-refractivity contribution is 5.94. The number of carbonyl (C=O) groups is 2. The van der Waals surface area contributed by atoms with E-state index < -0.39 is 0 Å². The Hall–Kier alpha value is -3.41. The van der Waals surface area contributed by atoms with Crippen LogP contribution in [0.2, 0.25) is 0 Å². The molecule has 2 heterocycles. The molecule has 6 nitrogen and oxygen atoms in total. The minimum absolute atomic E-state index is 0.0412. The Morgan fingerprint density at radius 2 is 1.56 bits per heavy atom. The normalized spacial score (nSPS) is 13.9. The van der Waals surface area contributed by atoms with E-state index in [1.807, 2.05) is 53.4 Å². The SMILES string of the molecule is O=C(NCCCCCC(=O)N1CCN(c2ccc3ccccc3n2)CC1)c1ccccc1. The Balaban J connectivity index is 1.13. The molecule has 1 fully saturated rings. The number of anilines is 1. The lowest BCUT2D eigenvalue weighted by Crippen LogP contribution is -2.49. The largest absolute Gasteiger partial charge is 0.353 e. The molecule has 2 aromatic carbocycles. The first-order chi connectivity index (χ1) is 15.7. The van der Waals surface area contributed by atoms with Crippen LogP contribution < -0.4 is 10.2 Å². The van der Waals surface area contributed by atoms with Crippen molar-refractivity contribution in [3.8, 4) is 0 Å². The van der Waals surface area contributed by atoms with Crippen molar-refractivity contribution >= 4 is 28.5 Å². The minimum atomic E-state index is -0.0412. The van der Waals surface area contributed by atoms with Gasteiger partial charge >= 0.3 is 0 Å². The molecule has 1 aliphatic heterocycles. The number of carbonyl (C=O) groups excluding carboxylic acids is 2. The van der Waals surface area contributed by atoms with Crippen molar-refractivity contribution in [1.82, 2.24) is 15.2 Å². The Morgan fingerprint density at radius 1 is 0.812 bits per heavy atom. The minimum Gasteiger partial charge on any atom is -0.353 e. The molecule has 32 heavy (non-hydrogen) atoms. The molecule has 0 atom stereocenters. The number of nitrogens with one attached hydrogen (secondary N) is 1. The number of nitrogens with zero attached hydrogens (tertiary/aromatic N) is 3. The Bertz CT molecular complexity index is 1050. The number of benzene rings is 2. The maximum absolute atomic E-state index is 12.6. The van der Waals surface area contributed by atoms with E-state index >= 15 is 0 Å². The van der Waals surface area contributed by atoms with Crippen LogP contribution in [0.3, 0.4) is 0 Å². The van der Waals surface area contributed by atoms with E-state index in [1.165, 1.54) is 0 Å². The third kappa shape index (κ3) is 5.63. The average Bonchev–Trinajstić information content (AvgIpc) is 2.86. The number of hydrogen-bond donors (Lipinski definition) is 1. The lowest BCUT2D eigenvalue weighted by Gasteiger charge is -2.35. The monoisotopic (exact) mass is 430 g/mol. The van der Waals surface area contributed by atoms with Gasteiger partial charge in [-0.1, -0.05) is 42.8 Å². The number of aromatic nitrogens is 1. The van der Waals surface area contributed by atoms with Crippen LogP contribution in [0.1, 0.15) is 36.0 Å². The highest BCUT2D eigenvalue weighted by Crippen LogP contribution is 2.19. The van der Waals surface area contributed by atoms with Gasteiger partial charge in [0.15, 0.2) is 0 Å². The molecular weight excluding hydrogens is 400 g/mol.